The van der Waals surface area contributed by atoms with Crippen LogP contribution >= 0.6 is 0 Å². The molecule has 2 unspecified atom stereocenters. The van der Waals surface area contributed by atoms with E-state index in [1.807, 2.05) is 13.2 Å². The molecule has 2 heterocycles. The van der Waals surface area contributed by atoms with Crippen LogP contribution in [-0.4, -0.2) is 12.2 Å². The van der Waals surface area contributed by atoms with Crippen LogP contribution in [0.15, 0.2) is 16.7 Å². The molecule has 19 heavy (non-hydrogen) atoms. The van der Waals surface area contributed by atoms with Crippen molar-refractivity contribution < 1.29 is 9.15 Å². The van der Waals surface area contributed by atoms with Gasteiger partial charge in [0.1, 0.15) is 5.76 Å². The van der Waals surface area contributed by atoms with Crippen LogP contribution in [0.4, 0.5) is 0 Å². The predicted molar refractivity (Wildman–Crippen MR) is 73.4 cm³/mol. The summed E-state index contributed by atoms with van der Waals surface area (Å²) in [6.45, 7) is 2.83. The van der Waals surface area contributed by atoms with Gasteiger partial charge in [-0.2, -0.15) is 0 Å². The zero-order valence-corrected chi connectivity index (χ0v) is 11.7. The van der Waals surface area contributed by atoms with Gasteiger partial charge in [0.05, 0.1) is 17.9 Å². The van der Waals surface area contributed by atoms with Gasteiger partial charge >= 0.3 is 0 Å². The van der Waals surface area contributed by atoms with Crippen molar-refractivity contribution in [3.05, 3.63) is 23.7 Å². The topological polar surface area (TPSA) is 60.4 Å². The third kappa shape index (κ3) is 2.57. The number of rotatable bonds is 3. The number of aryl methyl sites for hydroxylation is 1. The molecule has 3 rings (SSSR count). The molecule has 0 bridgehead atoms. The van der Waals surface area contributed by atoms with Crippen molar-refractivity contribution in [1.29, 1.82) is 0 Å². The van der Waals surface area contributed by atoms with Crippen LogP contribution in [0.1, 0.15) is 55.9 Å². The molecular formula is C15H24N2O2. The predicted octanol–water partition coefficient (Wildman–Crippen LogP) is 2.83. The fourth-order valence-electron chi connectivity index (χ4n) is 3.85. The molecule has 2 atom stereocenters. The van der Waals surface area contributed by atoms with Gasteiger partial charge in [0, 0.05) is 12.2 Å². The normalized spacial score (nSPS) is 27.8. The molecule has 4 nitrogen and oxygen atoms in total. The third-order valence-corrected chi connectivity index (χ3v) is 4.81. The van der Waals surface area contributed by atoms with E-state index in [2.05, 4.69) is 11.5 Å². The monoisotopic (exact) mass is 264 g/mol. The van der Waals surface area contributed by atoms with Gasteiger partial charge in [-0.05, 0) is 44.6 Å². The van der Waals surface area contributed by atoms with Crippen molar-refractivity contribution in [3.63, 3.8) is 0 Å². The van der Waals surface area contributed by atoms with Crippen LogP contribution in [0.5, 0.6) is 0 Å². The Bertz CT molecular complexity index is 424. The quantitative estimate of drug-likeness (QED) is 0.651. The molecule has 1 aliphatic carbocycles. The second-order valence-corrected chi connectivity index (χ2v) is 6.13. The zero-order chi connectivity index (χ0) is 13.3. The lowest BCUT2D eigenvalue weighted by Crippen LogP contribution is -2.43. The summed E-state index contributed by atoms with van der Waals surface area (Å²) in [5, 5.41) is 0. The molecule has 1 spiro atoms. The number of furan rings is 1. The van der Waals surface area contributed by atoms with Crippen LogP contribution in [0.2, 0.25) is 0 Å². The lowest BCUT2D eigenvalue weighted by Gasteiger charge is -2.41. The standard InChI is InChI=1S/C15H24N2O2/c1-11-8-13(10-18-11)14(17-16)12-4-7-19-15(9-12)5-2-3-6-15/h8,10,12,14,17H,2-7,9,16H2,1H3. The highest BCUT2D eigenvalue weighted by Crippen LogP contribution is 2.45. The van der Waals surface area contributed by atoms with Crippen molar-refractivity contribution in [2.45, 2.75) is 57.1 Å². The van der Waals surface area contributed by atoms with Crippen LogP contribution in [0, 0.1) is 12.8 Å². The van der Waals surface area contributed by atoms with Crippen LogP contribution in [0.25, 0.3) is 0 Å². The fourth-order valence-corrected chi connectivity index (χ4v) is 3.85. The summed E-state index contributed by atoms with van der Waals surface area (Å²) in [4.78, 5) is 0. The minimum absolute atomic E-state index is 0.136. The summed E-state index contributed by atoms with van der Waals surface area (Å²) in [6.07, 6.45) is 9.05. The number of ether oxygens (including phenoxy) is 1. The molecule has 0 amide bonds. The molecule has 3 N–H and O–H groups in total. The van der Waals surface area contributed by atoms with Gasteiger partial charge in [0.15, 0.2) is 0 Å². The minimum atomic E-state index is 0.136. The molecule has 2 aliphatic rings. The van der Waals surface area contributed by atoms with Crippen LogP contribution < -0.4 is 11.3 Å². The lowest BCUT2D eigenvalue weighted by atomic mass is 9.79. The highest BCUT2D eigenvalue weighted by atomic mass is 16.5. The molecule has 1 aliphatic heterocycles. The smallest absolute Gasteiger partial charge is 0.101 e. The summed E-state index contributed by atoms with van der Waals surface area (Å²) < 4.78 is 11.5. The van der Waals surface area contributed by atoms with Gasteiger partial charge in [-0.3, -0.25) is 11.3 Å². The molecule has 1 saturated carbocycles. The Balaban J connectivity index is 1.76. The van der Waals surface area contributed by atoms with E-state index in [0.29, 0.717) is 5.92 Å². The van der Waals surface area contributed by atoms with Gasteiger partial charge in [-0.25, -0.2) is 0 Å². The number of nitrogens with two attached hydrogens (primary N) is 1. The average molecular weight is 264 g/mol. The first-order valence-electron chi connectivity index (χ1n) is 7.38. The van der Waals surface area contributed by atoms with E-state index in [4.69, 9.17) is 15.0 Å². The van der Waals surface area contributed by atoms with Crippen LogP contribution in [0.3, 0.4) is 0 Å². The van der Waals surface area contributed by atoms with Crippen molar-refractivity contribution in [2.75, 3.05) is 6.61 Å². The summed E-state index contributed by atoms with van der Waals surface area (Å²) in [7, 11) is 0. The molecule has 0 aromatic carbocycles. The first kappa shape index (κ1) is 13.2. The molecule has 2 fully saturated rings. The highest BCUT2D eigenvalue weighted by Gasteiger charge is 2.42. The highest BCUT2D eigenvalue weighted by molar-refractivity contribution is 5.18. The van der Waals surface area contributed by atoms with E-state index in [1.54, 1.807) is 0 Å². The van der Waals surface area contributed by atoms with E-state index < -0.39 is 0 Å². The molecule has 0 radical (unpaired) electrons. The van der Waals surface area contributed by atoms with Crippen molar-refractivity contribution >= 4 is 0 Å². The van der Waals surface area contributed by atoms with Gasteiger partial charge < -0.3 is 9.15 Å². The van der Waals surface area contributed by atoms with E-state index in [9.17, 15) is 0 Å². The SMILES string of the molecule is Cc1cc(C(NN)C2CCOC3(CCCC3)C2)co1. The Kier molecular flexibility index (Phi) is 3.65. The summed E-state index contributed by atoms with van der Waals surface area (Å²) >= 11 is 0. The second kappa shape index (κ2) is 5.27. The van der Waals surface area contributed by atoms with E-state index >= 15 is 0 Å². The first-order valence-corrected chi connectivity index (χ1v) is 7.38. The van der Waals surface area contributed by atoms with Gasteiger partial charge in [-0.1, -0.05) is 12.8 Å². The molecule has 1 saturated heterocycles. The lowest BCUT2D eigenvalue weighted by molar-refractivity contribution is -0.0982. The minimum Gasteiger partial charge on any atom is -0.469 e. The molecule has 1 aromatic heterocycles. The van der Waals surface area contributed by atoms with Crippen molar-refractivity contribution in [3.8, 4) is 0 Å². The molecule has 4 heteroatoms. The number of hydrogen-bond donors (Lipinski definition) is 2. The number of hydrogen-bond acceptors (Lipinski definition) is 4. The maximum atomic E-state index is 6.10. The molecule has 1 aromatic rings. The Labute approximate surface area is 114 Å². The first-order chi connectivity index (χ1) is 9.22. The van der Waals surface area contributed by atoms with Crippen molar-refractivity contribution in [1.82, 2.24) is 5.43 Å². The van der Waals surface area contributed by atoms with E-state index in [1.165, 1.54) is 31.2 Å². The third-order valence-electron chi connectivity index (χ3n) is 4.81. The summed E-state index contributed by atoms with van der Waals surface area (Å²) in [5.41, 5.74) is 4.29. The largest absolute Gasteiger partial charge is 0.469 e. The van der Waals surface area contributed by atoms with Gasteiger partial charge in [0.25, 0.3) is 0 Å². The number of nitrogens with one attached hydrogen (secondary N) is 1. The zero-order valence-electron chi connectivity index (χ0n) is 11.7. The Morgan fingerprint density at radius 3 is 2.84 bits per heavy atom. The Morgan fingerprint density at radius 2 is 2.21 bits per heavy atom. The maximum Gasteiger partial charge on any atom is 0.101 e. The van der Waals surface area contributed by atoms with E-state index in [-0.39, 0.29) is 11.6 Å². The van der Waals surface area contributed by atoms with Gasteiger partial charge in [0.2, 0.25) is 0 Å². The summed E-state index contributed by atoms with van der Waals surface area (Å²) in [5.74, 6) is 7.28. The Hall–Kier alpha value is -0.840. The average Bonchev–Trinajstić information content (AvgIpc) is 3.01. The van der Waals surface area contributed by atoms with Crippen molar-refractivity contribution in [2.24, 2.45) is 11.8 Å². The van der Waals surface area contributed by atoms with E-state index in [0.717, 1.165) is 25.2 Å². The summed E-state index contributed by atoms with van der Waals surface area (Å²) in [6, 6.07) is 2.26. The molecular weight excluding hydrogens is 240 g/mol. The van der Waals surface area contributed by atoms with Gasteiger partial charge in [-0.15, -0.1) is 0 Å². The fraction of sp³-hybridized carbons (Fsp3) is 0.733. The second-order valence-electron chi connectivity index (χ2n) is 6.13. The Morgan fingerprint density at radius 1 is 1.42 bits per heavy atom. The molecule has 106 valence electrons. The number of hydrazine groups is 1. The van der Waals surface area contributed by atoms with Crippen LogP contribution in [-0.2, 0) is 4.74 Å². The maximum absolute atomic E-state index is 6.10.